The van der Waals surface area contributed by atoms with Crippen molar-refractivity contribution in [2.45, 2.75) is 4.90 Å². The van der Waals surface area contributed by atoms with Gasteiger partial charge in [-0.2, -0.15) is 17.9 Å². The lowest BCUT2D eigenvalue weighted by Gasteiger charge is -2.26. The predicted molar refractivity (Wildman–Crippen MR) is 124 cm³/mol. The Morgan fingerprint density at radius 2 is 2.03 bits per heavy atom. The minimum atomic E-state index is -3.91. The van der Waals surface area contributed by atoms with Gasteiger partial charge in [-0.05, 0) is 18.2 Å². The molecule has 0 atom stereocenters. The van der Waals surface area contributed by atoms with Gasteiger partial charge in [-0.1, -0.05) is 6.07 Å². The highest BCUT2D eigenvalue weighted by atomic mass is 32.2. The lowest BCUT2D eigenvalue weighted by atomic mass is 10.1. The summed E-state index contributed by atoms with van der Waals surface area (Å²) >= 11 is 0. The van der Waals surface area contributed by atoms with E-state index >= 15 is 0 Å². The van der Waals surface area contributed by atoms with Gasteiger partial charge in [-0.15, -0.1) is 0 Å². The molecule has 168 valence electrons. The summed E-state index contributed by atoms with van der Waals surface area (Å²) in [6, 6.07) is 9.16. The zero-order valence-electron chi connectivity index (χ0n) is 18.0. The zero-order valence-corrected chi connectivity index (χ0v) is 18.8. The summed E-state index contributed by atoms with van der Waals surface area (Å²) in [7, 11) is -0.650. The van der Waals surface area contributed by atoms with E-state index in [1.807, 2.05) is 46.8 Å². The van der Waals surface area contributed by atoms with E-state index in [-0.39, 0.29) is 4.90 Å². The van der Waals surface area contributed by atoms with Gasteiger partial charge in [0.2, 0.25) is 0 Å². The Bertz CT molecular complexity index is 1450. The molecule has 11 heteroatoms. The summed E-state index contributed by atoms with van der Waals surface area (Å²) in [5.74, 6) is 1.05. The Morgan fingerprint density at radius 3 is 2.85 bits per heavy atom. The number of pyridine rings is 3. The predicted octanol–water partition coefficient (Wildman–Crippen LogP) is 2.27. The molecule has 0 saturated heterocycles. The Hall–Kier alpha value is -3.99. The van der Waals surface area contributed by atoms with Gasteiger partial charge in [-0.3, -0.25) is 9.38 Å². The summed E-state index contributed by atoms with van der Waals surface area (Å²) < 4.78 is 34.4. The van der Waals surface area contributed by atoms with Crippen LogP contribution in [-0.4, -0.2) is 65.6 Å². The van der Waals surface area contributed by atoms with E-state index in [0.29, 0.717) is 30.4 Å². The second-order valence-corrected chi connectivity index (χ2v) is 9.47. The van der Waals surface area contributed by atoms with Crippen molar-refractivity contribution in [1.82, 2.24) is 23.8 Å². The molecule has 10 nitrogen and oxygen atoms in total. The van der Waals surface area contributed by atoms with Crippen molar-refractivity contribution in [3.63, 3.8) is 0 Å². The number of anilines is 1. The Morgan fingerprint density at radius 1 is 1.15 bits per heavy atom. The van der Waals surface area contributed by atoms with Crippen LogP contribution in [0, 0.1) is 0 Å². The monoisotopic (exact) mass is 463 g/mol. The van der Waals surface area contributed by atoms with E-state index in [1.54, 1.807) is 18.6 Å². The summed E-state index contributed by atoms with van der Waals surface area (Å²) in [6.45, 7) is 1.16. The quantitative estimate of drug-likeness (QED) is 0.330. The Labute approximate surface area is 190 Å². The van der Waals surface area contributed by atoms with E-state index in [4.69, 9.17) is 4.74 Å². The highest BCUT2D eigenvalue weighted by Crippen LogP contribution is 2.31. The number of fused-ring (bicyclic) bond motifs is 2. The first kappa shape index (κ1) is 20.9. The van der Waals surface area contributed by atoms with Gasteiger partial charge in [0.15, 0.2) is 11.6 Å². The lowest BCUT2D eigenvalue weighted by molar-refractivity contribution is 0.307. The van der Waals surface area contributed by atoms with Crippen LogP contribution in [0.5, 0.6) is 5.75 Å². The molecule has 1 aliphatic rings. The van der Waals surface area contributed by atoms with E-state index in [9.17, 15) is 8.42 Å². The molecule has 0 unspecified atom stereocenters. The van der Waals surface area contributed by atoms with Gasteiger partial charge in [-0.25, -0.2) is 9.97 Å². The zero-order chi connectivity index (χ0) is 23.0. The topological polar surface area (TPSA) is 105 Å². The van der Waals surface area contributed by atoms with Gasteiger partial charge in [0.1, 0.15) is 17.1 Å². The summed E-state index contributed by atoms with van der Waals surface area (Å²) in [6.07, 6.45) is 9.82. The molecule has 4 aromatic heterocycles. The van der Waals surface area contributed by atoms with E-state index in [2.05, 4.69) is 20.1 Å². The van der Waals surface area contributed by atoms with Gasteiger partial charge >= 0.3 is 0 Å². The minimum absolute atomic E-state index is 0.00760. The molecule has 0 spiro atoms. The van der Waals surface area contributed by atoms with Gasteiger partial charge in [0.05, 0.1) is 30.8 Å². The normalized spacial score (nSPS) is 13.8. The Kier molecular flexibility index (Phi) is 5.17. The third-order valence-electron chi connectivity index (χ3n) is 5.38. The molecule has 0 radical (unpaired) electrons. The van der Waals surface area contributed by atoms with Crippen molar-refractivity contribution in [3.05, 3.63) is 67.0 Å². The van der Waals surface area contributed by atoms with Gasteiger partial charge in [0, 0.05) is 49.9 Å². The van der Waals surface area contributed by atoms with E-state index < -0.39 is 10.0 Å². The molecule has 0 amide bonds. The summed E-state index contributed by atoms with van der Waals surface area (Å²) in [5, 5.41) is 4.16. The number of ether oxygens (including phenoxy) is 1. The maximum Gasteiger partial charge on any atom is 0.280 e. The van der Waals surface area contributed by atoms with Crippen molar-refractivity contribution in [1.29, 1.82) is 0 Å². The number of sulfonamides is 1. The molecule has 0 aliphatic carbocycles. The molecule has 0 aromatic carbocycles. The number of hydrazone groups is 1. The van der Waals surface area contributed by atoms with Gasteiger partial charge in [0.25, 0.3) is 10.0 Å². The number of hydrogen-bond acceptors (Lipinski definition) is 8. The third kappa shape index (κ3) is 3.87. The molecular formula is C22H21N7O3S. The van der Waals surface area contributed by atoms with E-state index in [1.165, 1.54) is 25.5 Å². The smallest absolute Gasteiger partial charge is 0.280 e. The largest absolute Gasteiger partial charge is 0.488 e. The lowest BCUT2D eigenvalue weighted by Crippen LogP contribution is -2.30. The maximum absolute atomic E-state index is 13.0. The van der Waals surface area contributed by atoms with Crippen molar-refractivity contribution in [2.24, 2.45) is 5.10 Å². The molecule has 0 N–H and O–H groups in total. The van der Waals surface area contributed by atoms with Crippen molar-refractivity contribution in [3.8, 4) is 16.9 Å². The molecular weight excluding hydrogens is 442 g/mol. The van der Waals surface area contributed by atoms with Crippen LogP contribution in [-0.2, 0) is 10.0 Å². The number of rotatable bonds is 5. The van der Waals surface area contributed by atoms with Crippen molar-refractivity contribution < 1.29 is 13.2 Å². The third-order valence-corrected chi connectivity index (χ3v) is 6.99. The van der Waals surface area contributed by atoms with Crippen LogP contribution in [0.25, 0.3) is 16.8 Å². The first-order chi connectivity index (χ1) is 15.9. The number of imidazole rings is 1. The van der Waals surface area contributed by atoms with Crippen molar-refractivity contribution >= 4 is 27.7 Å². The molecule has 0 bridgehead atoms. The molecule has 1 aliphatic heterocycles. The fourth-order valence-corrected chi connectivity index (χ4v) is 4.42. The second kappa shape index (κ2) is 8.17. The highest BCUT2D eigenvalue weighted by molar-refractivity contribution is 7.89. The molecule has 0 fully saturated rings. The summed E-state index contributed by atoms with van der Waals surface area (Å²) in [4.78, 5) is 14.7. The summed E-state index contributed by atoms with van der Waals surface area (Å²) in [5.41, 5.74) is 3.26. The molecule has 33 heavy (non-hydrogen) atoms. The number of nitrogens with zero attached hydrogens (tertiary/aromatic N) is 7. The molecule has 5 heterocycles. The molecule has 5 rings (SSSR count). The van der Waals surface area contributed by atoms with Crippen LogP contribution in [0.3, 0.4) is 0 Å². The van der Waals surface area contributed by atoms with Crippen LogP contribution >= 0.6 is 0 Å². The maximum atomic E-state index is 13.0. The number of likely N-dealkylation sites (N-methyl/N-ethyl adjacent to an activating group) is 1. The average Bonchev–Trinajstić information content (AvgIpc) is 3.25. The first-order valence-corrected chi connectivity index (χ1v) is 11.6. The second-order valence-electron chi connectivity index (χ2n) is 7.52. The van der Waals surface area contributed by atoms with E-state index in [0.717, 1.165) is 21.2 Å². The van der Waals surface area contributed by atoms with Crippen LogP contribution in [0.15, 0.2) is 71.3 Å². The van der Waals surface area contributed by atoms with Crippen LogP contribution in [0.4, 0.5) is 5.82 Å². The van der Waals surface area contributed by atoms with Crippen LogP contribution < -0.4 is 9.64 Å². The minimum Gasteiger partial charge on any atom is -0.488 e. The fraction of sp³-hybridized carbons (Fsp3) is 0.182. The number of aromatic nitrogens is 4. The SMILES string of the molecule is CN1CCOc2cc(S(=O)(=O)N(C)N=Cc3cnc4ccc(-c5cccnc5)cn34)cnc21. The molecule has 0 saturated carbocycles. The first-order valence-electron chi connectivity index (χ1n) is 10.2. The average molecular weight is 464 g/mol. The van der Waals surface area contributed by atoms with Crippen LogP contribution in [0.2, 0.25) is 0 Å². The molecule has 4 aromatic rings. The standard InChI is InChI=1S/C22H21N7O3S/c1-27-8-9-32-20-10-19(14-25-22(20)27)33(30,31)28(2)26-13-18-12-24-21-6-5-17(15-29(18)21)16-4-3-7-23-11-16/h3-7,10-15H,8-9H2,1-2H3. The number of hydrogen-bond donors (Lipinski definition) is 0. The highest BCUT2D eigenvalue weighted by Gasteiger charge is 2.24. The van der Waals surface area contributed by atoms with Crippen LogP contribution in [0.1, 0.15) is 5.69 Å². The van der Waals surface area contributed by atoms with Gasteiger partial charge < -0.3 is 9.64 Å². The van der Waals surface area contributed by atoms with Crippen molar-refractivity contribution in [2.75, 3.05) is 32.1 Å². The fourth-order valence-electron chi connectivity index (χ4n) is 3.51. The Balaban J connectivity index is 1.43.